The van der Waals surface area contributed by atoms with E-state index >= 15 is 0 Å². The largest absolute Gasteiger partial charge is 0.409 e. The molecule has 0 heterocycles. The van der Waals surface area contributed by atoms with E-state index < -0.39 is 0 Å². The molecular weight excluding hydrogens is 154 g/mol. The lowest BCUT2D eigenvalue weighted by Gasteiger charge is -2.17. The van der Waals surface area contributed by atoms with Crippen LogP contribution in [-0.2, 0) is 0 Å². The third kappa shape index (κ3) is 2.23. The lowest BCUT2D eigenvalue weighted by molar-refractivity contribution is 0.314. The maximum Gasteiger partial charge on any atom is 0.156 e. The monoisotopic (exact) mass is 169 g/mol. The van der Waals surface area contributed by atoms with Crippen LogP contribution in [0, 0.1) is 0 Å². The van der Waals surface area contributed by atoms with Gasteiger partial charge in [-0.25, -0.2) is 0 Å². The van der Waals surface area contributed by atoms with E-state index in [0.29, 0.717) is 6.04 Å². The average Bonchev–Trinajstić information content (AvgIpc) is 2.55. The molecule has 1 unspecified atom stereocenters. The topological polar surface area (TPSA) is 70.6 Å². The van der Waals surface area contributed by atoms with Crippen molar-refractivity contribution in [3.05, 3.63) is 12.2 Å². The van der Waals surface area contributed by atoms with Crippen LogP contribution in [-0.4, -0.2) is 23.1 Å². The third-order valence-corrected chi connectivity index (χ3v) is 2.05. The summed E-state index contributed by atoms with van der Waals surface area (Å²) in [6.45, 7) is 1.88. The molecule has 68 valence electrons. The first kappa shape index (κ1) is 9.06. The summed E-state index contributed by atoms with van der Waals surface area (Å²) in [4.78, 5) is 0. The van der Waals surface area contributed by atoms with Gasteiger partial charge in [-0.1, -0.05) is 17.3 Å². The highest BCUT2D eigenvalue weighted by Gasteiger charge is 2.14. The Labute approximate surface area is 72.1 Å². The summed E-state index contributed by atoms with van der Waals surface area (Å²) in [6.07, 6.45) is 6.33. The van der Waals surface area contributed by atoms with E-state index in [-0.39, 0.29) is 11.9 Å². The predicted molar refractivity (Wildman–Crippen MR) is 48.2 cm³/mol. The maximum absolute atomic E-state index is 8.39. The second kappa shape index (κ2) is 4.11. The van der Waals surface area contributed by atoms with E-state index in [2.05, 4.69) is 22.6 Å². The van der Waals surface area contributed by atoms with Crippen LogP contribution in [0.15, 0.2) is 17.3 Å². The normalized spacial score (nSPS) is 21.6. The van der Waals surface area contributed by atoms with Gasteiger partial charge in [-0.05, 0) is 19.8 Å². The predicted octanol–water partition coefficient (Wildman–Crippen LogP) is 0.429. The van der Waals surface area contributed by atoms with E-state index in [1.165, 1.54) is 0 Å². The van der Waals surface area contributed by atoms with E-state index in [9.17, 15) is 0 Å². The first-order valence-corrected chi connectivity index (χ1v) is 4.12. The summed E-state index contributed by atoms with van der Waals surface area (Å²) in [5.41, 5.74) is 5.41. The molecule has 1 aliphatic carbocycles. The third-order valence-electron chi connectivity index (χ3n) is 2.05. The van der Waals surface area contributed by atoms with Crippen molar-refractivity contribution in [2.45, 2.75) is 31.8 Å². The number of nitrogens with two attached hydrogens (primary N) is 1. The fourth-order valence-electron chi connectivity index (χ4n) is 1.28. The van der Waals surface area contributed by atoms with E-state index in [1.54, 1.807) is 0 Å². The molecule has 4 nitrogen and oxygen atoms in total. The van der Waals surface area contributed by atoms with Crippen LogP contribution in [0.1, 0.15) is 19.8 Å². The van der Waals surface area contributed by atoms with Gasteiger partial charge in [0, 0.05) is 6.04 Å². The molecule has 0 saturated carbocycles. The molecule has 0 fully saturated rings. The highest BCUT2D eigenvalue weighted by molar-refractivity contribution is 5.84. The Balaban J connectivity index is 2.31. The van der Waals surface area contributed by atoms with Crippen molar-refractivity contribution in [3.63, 3.8) is 0 Å². The zero-order chi connectivity index (χ0) is 8.97. The first-order valence-electron chi connectivity index (χ1n) is 4.12. The Kier molecular flexibility index (Phi) is 3.10. The van der Waals surface area contributed by atoms with Crippen molar-refractivity contribution in [2.75, 3.05) is 0 Å². The molecule has 0 saturated heterocycles. The molecule has 4 N–H and O–H groups in total. The number of nitrogens with zero attached hydrogens (tertiary/aromatic N) is 1. The van der Waals surface area contributed by atoms with Crippen molar-refractivity contribution in [3.8, 4) is 0 Å². The number of hydrogen-bond donors (Lipinski definition) is 3. The highest BCUT2D eigenvalue weighted by Crippen LogP contribution is 2.09. The van der Waals surface area contributed by atoms with Gasteiger partial charge in [-0.2, -0.15) is 0 Å². The molecule has 1 atom stereocenters. The Morgan fingerprint density at radius 2 is 2.25 bits per heavy atom. The quantitative estimate of drug-likeness (QED) is 0.189. The van der Waals surface area contributed by atoms with Crippen LogP contribution < -0.4 is 11.1 Å². The minimum absolute atomic E-state index is 0.0556. The summed E-state index contributed by atoms with van der Waals surface area (Å²) in [6, 6.07) is 0.389. The van der Waals surface area contributed by atoms with Crippen molar-refractivity contribution < 1.29 is 5.21 Å². The van der Waals surface area contributed by atoms with E-state index in [4.69, 9.17) is 10.9 Å². The minimum atomic E-state index is -0.0556. The van der Waals surface area contributed by atoms with Crippen LogP contribution >= 0.6 is 0 Å². The fourth-order valence-corrected chi connectivity index (χ4v) is 1.28. The molecule has 0 amide bonds. The number of nitrogens with one attached hydrogen (secondary N) is 1. The Morgan fingerprint density at radius 1 is 1.67 bits per heavy atom. The minimum Gasteiger partial charge on any atom is -0.409 e. The van der Waals surface area contributed by atoms with Crippen molar-refractivity contribution in [2.24, 2.45) is 10.9 Å². The Bertz CT molecular complexity index is 192. The summed E-state index contributed by atoms with van der Waals surface area (Å²) < 4.78 is 0. The number of oxime groups is 1. The van der Waals surface area contributed by atoms with Crippen LogP contribution in [0.5, 0.6) is 0 Å². The van der Waals surface area contributed by atoms with Crippen LogP contribution in [0.25, 0.3) is 0 Å². The average molecular weight is 169 g/mol. The molecular formula is C8H15N3O. The first-order chi connectivity index (χ1) is 5.74. The van der Waals surface area contributed by atoms with Gasteiger partial charge in [0.25, 0.3) is 0 Å². The second-order valence-corrected chi connectivity index (χ2v) is 3.05. The standard InChI is InChI=1S/C8H15N3O/c1-6(8(9)11-12)10-7-4-2-3-5-7/h2-3,6-7,10,12H,4-5H2,1H3,(H2,9,11). The lowest BCUT2D eigenvalue weighted by atomic mass is 10.2. The van der Waals surface area contributed by atoms with Gasteiger partial charge in [0.1, 0.15) is 0 Å². The van der Waals surface area contributed by atoms with Gasteiger partial charge in [0.2, 0.25) is 0 Å². The smallest absolute Gasteiger partial charge is 0.156 e. The van der Waals surface area contributed by atoms with Crippen LogP contribution in [0.3, 0.4) is 0 Å². The summed E-state index contributed by atoms with van der Waals surface area (Å²) in [5, 5.41) is 14.6. The zero-order valence-electron chi connectivity index (χ0n) is 7.20. The highest BCUT2D eigenvalue weighted by atomic mass is 16.4. The molecule has 0 aromatic heterocycles. The zero-order valence-corrected chi connectivity index (χ0v) is 7.20. The fraction of sp³-hybridized carbons (Fsp3) is 0.625. The maximum atomic E-state index is 8.39. The summed E-state index contributed by atoms with van der Waals surface area (Å²) >= 11 is 0. The van der Waals surface area contributed by atoms with Crippen molar-refractivity contribution >= 4 is 5.84 Å². The molecule has 0 bridgehead atoms. The number of hydrogen-bond acceptors (Lipinski definition) is 3. The molecule has 0 spiro atoms. The van der Waals surface area contributed by atoms with Gasteiger partial charge in [-0.3, -0.25) is 0 Å². The molecule has 0 aliphatic heterocycles. The molecule has 1 rings (SSSR count). The molecule has 0 radical (unpaired) electrons. The van der Waals surface area contributed by atoms with Crippen LogP contribution in [0.2, 0.25) is 0 Å². The van der Waals surface area contributed by atoms with E-state index in [1.807, 2.05) is 6.92 Å². The van der Waals surface area contributed by atoms with Gasteiger partial charge >= 0.3 is 0 Å². The SMILES string of the molecule is CC(NC1CC=CC1)/C(N)=N/O. The molecule has 0 aromatic carbocycles. The second-order valence-electron chi connectivity index (χ2n) is 3.05. The van der Waals surface area contributed by atoms with Gasteiger partial charge in [0.05, 0.1) is 6.04 Å². The summed E-state index contributed by atoms with van der Waals surface area (Å²) in [7, 11) is 0. The number of rotatable bonds is 3. The Hall–Kier alpha value is -1.03. The van der Waals surface area contributed by atoms with E-state index in [0.717, 1.165) is 12.8 Å². The van der Waals surface area contributed by atoms with Crippen molar-refractivity contribution in [1.29, 1.82) is 0 Å². The van der Waals surface area contributed by atoms with Crippen molar-refractivity contribution in [1.82, 2.24) is 5.32 Å². The molecule has 12 heavy (non-hydrogen) atoms. The lowest BCUT2D eigenvalue weighted by Crippen LogP contribution is -2.43. The van der Waals surface area contributed by atoms with Gasteiger partial charge in [0.15, 0.2) is 5.84 Å². The van der Waals surface area contributed by atoms with Crippen LogP contribution in [0.4, 0.5) is 0 Å². The van der Waals surface area contributed by atoms with Gasteiger partial charge in [-0.15, -0.1) is 0 Å². The molecule has 1 aliphatic rings. The van der Waals surface area contributed by atoms with Gasteiger partial charge < -0.3 is 16.3 Å². The Morgan fingerprint density at radius 3 is 2.75 bits per heavy atom. The molecule has 4 heteroatoms. The number of amidine groups is 1. The summed E-state index contributed by atoms with van der Waals surface area (Å²) in [5.74, 6) is 0.238. The molecule has 0 aromatic rings.